The first kappa shape index (κ1) is 12.1. The molecule has 1 heterocycles. The summed E-state index contributed by atoms with van der Waals surface area (Å²) in [6.45, 7) is 2.81. The molecule has 2 atom stereocenters. The maximum atomic E-state index is 11.5. The third-order valence-electron chi connectivity index (χ3n) is 4.08. The lowest BCUT2D eigenvalue weighted by Gasteiger charge is -2.37. The first-order valence-corrected chi connectivity index (χ1v) is 6.50. The van der Waals surface area contributed by atoms with Gasteiger partial charge in [-0.1, -0.05) is 32.6 Å². The molecule has 92 valence electrons. The summed E-state index contributed by atoms with van der Waals surface area (Å²) in [4.78, 5) is 11.5. The second-order valence-corrected chi connectivity index (χ2v) is 5.34. The summed E-state index contributed by atoms with van der Waals surface area (Å²) in [5.41, 5.74) is -1.22. The molecule has 2 rings (SSSR count). The Balaban J connectivity index is 1.89. The van der Waals surface area contributed by atoms with Gasteiger partial charge in [-0.15, -0.1) is 0 Å². The number of ketones is 1. The van der Waals surface area contributed by atoms with Crippen molar-refractivity contribution in [1.29, 1.82) is 0 Å². The van der Waals surface area contributed by atoms with Gasteiger partial charge in [0.25, 0.3) is 0 Å². The minimum Gasteiger partial charge on any atom is -0.386 e. The van der Waals surface area contributed by atoms with Crippen LogP contribution in [0.1, 0.15) is 58.3 Å². The fraction of sp³-hybridized carbons (Fsp3) is 0.923. The Kier molecular flexibility index (Phi) is 3.36. The van der Waals surface area contributed by atoms with Crippen molar-refractivity contribution in [3.63, 3.8) is 0 Å². The average molecular weight is 226 g/mol. The zero-order valence-corrected chi connectivity index (χ0v) is 10.1. The predicted octanol–water partition coefficient (Wildman–Crippen LogP) is 2.21. The van der Waals surface area contributed by atoms with Crippen molar-refractivity contribution in [2.75, 3.05) is 6.61 Å². The van der Waals surface area contributed by atoms with Crippen LogP contribution in [0, 0.1) is 0 Å². The van der Waals surface area contributed by atoms with Crippen LogP contribution >= 0.6 is 0 Å². The molecule has 0 bridgehead atoms. The molecular weight excluding hydrogens is 204 g/mol. The van der Waals surface area contributed by atoms with Gasteiger partial charge < -0.3 is 9.84 Å². The molecule has 0 aromatic heterocycles. The molecule has 2 unspecified atom stereocenters. The van der Waals surface area contributed by atoms with E-state index in [1.165, 1.54) is 12.8 Å². The zero-order chi connectivity index (χ0) is 11.6. The Hall–Kier alpha value is -0.410. The molecule has 0 radical (unpaired) electrons. The number of hydrogen-bond acceptors (Lipinski definition) is 3. The van der Waals surface area contributed by atoms with Crippen LogP contribution in [0.3, 0.4) is 0 Å². The molecule has 2 aliphatic rings. The van der Waals surface area contributed by atoms with Gasteiger partial charge in [-0.25, -0.2) is 0 Å². The molecule has 0 aromatic rings. The van der Waals surface area contributed by atoms with Crippen molar-refractivity contribution in [3.8, 4) is 0 Å². The maximum Gasteiger partial charge on any atom is 0.136 e. The monoisotopic (exact) mass is 226 g/mol. The highest BCUT2D eigenvalue weighted by molar-refractivity contribution is 5.81. The summed E-state index contributed by atoms with van der Waals surface area (Å²) in [5, 5.41) is 10.6. The van der Waals surface area contributed by atoms with Crippen molar-refractivity contribution in [3.05, 3.63) is 0 Å². The van der Waals surface area contributed by atoms with Gasteiger partial charge in [0.05, 0.1) is 6.61 Å². The largest absolute Gasteiger partial charge is 0.386 e. The molecule has 3 nitrogen and oxygen atoms in total. The first-order chi connectivity index (χ1) is 7.62. The van der Waals surface area contributed by atoms with Gasteiger partial charge in [-0.3, -0.25) is 4.79 Å². The predicted molar refractivity (Wildman–Crippen MR) is 61.2 cm³/mol. The van der Waals surface area contributed by atoms with E-state index in [0.29, 0.717) is 19.4 Å². The quantitative estimate of drug-likeness (QED) is 0.577. The number of rotatable bonds is 5. The molecule has 0 amide bonds. The standard InChI is InChI=1S/C13H22O3/c1-2-3-4-5-7-12(15)9-11(14)6-8-13(12)10-16-13/h15H,2-10H2,1H3. The van der Waals surface area contributed by atoms with Crippen molar-refractivity contribution in [2.24, 2.45) is 0 Å². The number of Topliss-reactive ketones (excluding diaryl/α,β-unsaturated/α-hetero) is 1. The Labute approximate surface area is 97.2 Å². The smallest absolute Gasteiger partial charge is 0.136 e. The molecule has 1 aliphatic carbocycles. The number of hydrogen-bond donors (Lipinski definition) is 1. The van der Waals surface area contributed by atoms with E-state index in [9.17, 15) is 9.90 Å². The maximum absolute atomic E-state index is 11.5. The van der Waals surface area contributed by atoms with Crippen LogP contribution in [-0.2, 0) is 9.53 Å². The minimum absolute atomic E-state index is 0.194. The Morgan fingerprint density at radius 1 is 1.38 bits per heavy atom. The zero-order valence-electron chi connectivity index (χ0n) is 10.1. The van der Waals surface area contributed by atoms with Crippen LogP contribution in [0.25, 0.3) is 0 Å². The Morgan fingerprint density at radius 3 is 2.75 bits per heavy atom. The van der Waals surface area contributed by atoms with Gasteiger partial charge in [0.2, 0.25) is 0 Å². The van der Waals surface area contributed by atoms with Gasteiger partial charge in [0.1, 0.15) is 17.0 Å². The molecular formula is C13H22O3. The number of carbonyl (C=O) groups excluding carboxylic acids is 1. The van der Waals surface area contributed by atoms with E-state index in [1.54, 1.807) is 0 Å². The molecule has 0 aromatic carbocycles. The Morgan fingerprint density at radius 2 is 2.12 bits per heavy atom. The molecule has 1 N–H and O–H groups in total. The minimum atomic E-state index is -0.865. The third kappa shape index (κ3) is 2.16. The lowest BCUT2D eigenvalue weighted by molar-refractivity contribution is -0.136. The van der Waals surface area contributed by atoms with Gasteiger partial charge in [0.15, 0.2) is 0 Å². The lowest BCUT2D eigenvalue weighted by atomic mass is 9.72. The van der Waals surface area contributed by atoms with E-state index < -0.39 is 5.60 Å². The number of epoxide rings is 1. The molecule has 1 saturated heterocycles. The summed E-state index contributed by atoms with van der Waals surface area (Å²) >= 11 is 0. The van der Waals surface area contributed by atoms with Gasteiger partial charge in [-0.05, 0) is 12.8 Å². The van der Waals surface area contributed by atoms with Gasteiger partial charge in [-0.2, -0.15) is 0 Å². The number of carbonyl (C=O) groups is 1. The van der Waals surface area contributed by atoms with E-state index >= 15 is 0 Å². The number of aliphatic hydroxyl groups is 1. The normalized spacial score (nSPS) is 38.0. The van der Waals surface area contributed by atoms with Crippen molar-refractivity contribution in [1.82, 2.24) is 0 Å². The highest BCUT2D eigenvalue weighted by Crippen LogP contribution is 2.49. The molecule has 16 heavy (non-hydrogen) atoms. The number of unbranched alkanes of at least 4 members (excludes halogenated alkanes) is 3. The summed E-state index contributed by atoms with van der Waals surface area (Å²) in [6, 6.07) is 0. The van der Waals surface area contributed by atoms with E-state index in [1.807, 2.05) is 0 Å². The van der Waals surface area contributed by atoms with E-state index in [2.05, 4.69) is 6.92 Å². The molecule has 1 spiro atoms. The topological polar surface area (TPSA) is 49.8 Å². The SMILES string of the molecule is CCCCCCC1(O)CC(=O)CCC12CO2. The van der Waals surface area contributed by atoms with Crippen LogP contribution in [0.15, 0.2) is 0 Å². The highest BCUT2D eigenvalue weighted by Gasteiger charge is 2.62. The number of ether oxygens (including phenoxy) is 1. The van der Waals surface area contributed by atoms with Crippen LogP contribution < -0.4 is 0 Å². The van der Waals surface area contributed by atoms with Crippen molar-refractivity contribution in [2.45, 2.75) is 69.5 Å². The molecule has 1 aliphatic heterocycles. The van der Waals surface area contributed by atoms with Crippen molar-refractivity contribution >= 4 is 5.78 Å². The summed E-state index contributed by atoms with van der Waals surface area (Å²) in [6.07, 6.45) is 6.87. The average Bonchev–Trinajstić information content (AvgIpc) is 3.02. The second kappa shape index (κ2) is 4.46. The summed E-state index contributed by atoms with van der Waals surface area (Å²) in [7, 11) is 0. The molecule has 3 heteroatoms. The van der Waals surface area contributed by atoms with E-state index in [4.69, 9.17) is 4.74 Å². The van der Waals surface area contributed by atoms with Crippen LogP contribution in [0.2, 0.25) is 0 Å². The third-order valence-corrected chi connectivity index (χ3v) is 4.08. The lowest BCUT2D eigenvalue weighted by Crippen LogP contribution is -2.50. The van der Waals surface area contributed by atoms with Crippen LogP contribution in [0.4, 0.5) is 0 Å². The van der Waals surface area contributed by atoms with Crippen molar-refractivity contribution < 1.29 is 14.6 Å². The van der Waals surface area contributed by atoms with Crippen LogP contribution in [-0.4, -0.2) is 28.7 Å². The molecule has 2 fully saturated rings. The fourth-order valence-electron chi connectivity index (χ4n) is 2.81. The van der Waals surface area contributed by atoms with Gasteiger partial charge >= 0.3 is 0 Å². The summed E-state index contributed by atoms with van der Waals surface area (Å²) in [5.74, 6) is 0.194. The van der Waals surface area contributed by atoms with Gasteiger partial charge in [0, 0.05) is 12.8 Å². The first-order valence-electron chi connectivity index (χ1n) is 6.50. The summed E-state index contributed by atoms with van der Waals surface area (Å²) < 4.78 is 5.46. The fourth-order valence-corrected chi connectivity index (χ4v) is 2.81. The van der Waals surface area contributed by atoms with E-state index in [0.717, 1.165) is 25.7 Å². The molecule has 1 saturated carbocycles. The highest BCUT2D eigenvalue weighted by atomic mass is 16.6. The van der Waals surface area contributed by atoms with Crippen LogP contribution in [0.5, 0.6) is 0 Å². The Bertz CT molecular complexity index is 270. The second-order valence-electron chi connectivity index (χ2n) is 5.34. The van der Waals surface area contributed by atoms with E-state index in [-0.39, 0.29) is 11.4 Å².